The summed E-state index contributed by atoms with van der Waals surface area (Å²) < 4.78 is 14.8. The highest BCUT2D eigenvalue weighted by atomic mass is 16.7. The van der Waals surface area contributed by atoms with Crippen LogP contribution in [0.25, 0.3) is 0 Å². The van der Waals surface area contributed by atoms with Crippen LogP contribution >= 0.6 is 0 Å². The second-order valence-corrected chi connectivity index (χ2v) is 3.52. The molecule has 0 radical (unpaired) electrons. The summed E-state index contributed by atoms with van der Waals surface area (Å²) in [5, 5.41) is 28.1. The molecule has 1 fully saturated rings. The van der Waals surface area contributed by atoms with E-state index in [2.05, 4.69) is 0 Å². The first-order valence-corrected chi connectivity index (χ1v) is 4.83. The van der Waals surface area contributed by atoms with Gasteiger partial charge in [0.25, 0.3) is 0 Å². The Balaban J connectivity index is 2.77. The third kappa shape index (κ3) is 2.69. The number of hydrogen-bond acceptors (Lipinski definition) is 7. The summed E-state index contributed by atoms with van der Waals surface area (Å²) in [6.07, 6.45) is -5.79. The van der Waals surface area contributed by atoms with Crippen molar-refractivity contribution in [1.29, 1.82) is 0 Å². The fourth-order valence-corrected chi connectivity index (χ4v) is 1.56. The Morgan fingerprint density at radius 1 is 1.38 bits per heavy atom. The predicted molar refractivity (Wildman–Crippen MR) is 50.3 cm³/mol. The fraction of sp³-hybridized carbons (Fsp3) is 0.889. The molecule has 7 heteroatoms. The molecular weight excluding hydrogens is 220 g/mol. The molecule has 1 aliphatic heterocycles. The molecule has 7 nitrogen and oxygen atoms in total. The first-order valence-electron chi connectivity index (χ1n) is 4.83. The molecule has 5 atom stereocenters. The first-order chi connectivity index (χ1) is 7.51. The number of methoxy groups -OCH3 is 1. The molecule has 0 amide bonds. The molecule has 0 aliphatic carbocycles. The Hall–Kier alpha value is -0.730. The highest BCUT2D eigenvalue weighted by Crippen LogP contribution is 2.23. The van der Waals surface area contributed by atoms with Crippen LogP contribution < -0.4 is 0 Å². The molecule has 1 saturated heterocycles. The Kier molecular flexibility index (Phi) is 4.63. The molecule has 0 aromatic heterocycles. The molecule has 0 unspecified atom stereocenters. The molecule has 0 saturated carbocycles. The third-order valence-electron chi connectivity index (χ3n) is 2.36. The maximum Gasteiger partial charge on any atom is 0.303 e. The quantitative estimate of drug-likeness (QED) is 0.487. The minimum atomic E-state index is -1.36. The summed E-state index contributed by atoms with van der Waals surface area (Å²) >= 11 is 0. The average Bonchev–Trinajstić information content (AvgIpc) is 2.25. The van der Waals surface area contributed by atoms with E-state index in [1.165, 1.54) is 14.0 Å². The molecule has 1 heterocycles. The van der Waals surface area contributed by atoms with Gasteiger partial charge in [0, 0.05) is 14.0 Å². The summed E-state index contributed by atoms with van der Waals surface area (Å²) in [6.45, 7) is 0.703. The topological polar surface area (TPSA) is 105 Å². The van der Waals surface area contributed by atoms with Crippen molar-refractivity contribution < 1.29 is 34.3 Å². The molecule has 0 spiro atoms. The van der Waals surface area contributed by atoms with Gasteiger partial charge in [-0.1, -0.05) is 0 Å². The Morgan fingerprint density at radius 3 is 2.44 bits per heavy atom. The van der Waals surface area contributed by atoms with E-state index < -0.39 is 43.3 Å². The standard InChI is InChI=1S/C9H16O7/c1-4(11)15-8-7(13)6(12)5(3-10)16-9(8)14-2/h5-10,12-13H,3H2,1-2H3/t5-,6+,7+,8-,9+/m1/s1. The maximum absolute atomic E-state index is 10.8. The second kappa shape index (κ2) is 5.55. The molecule has 0 aromatic rings. The minimum Gasteiger partial charge on any atom is -0.454 e. The average molecular weight is 236 g/mol. The summed E-state index contributed by atoms with van der Waals surface area (Å²) in [4.78, 5) is 10.8. The van der Waals surface area contributed by atoms with E-state index in [9.17, 15) is 15.0 Å². The van der Waals surface area contributed by atoms with Crippen molar-refractivity contribution in [2.75, 3.05) is 13.7 Å². The van der Waals surface area contributed by atoms with Crippen LogP contribution in [0.4, 0.5) is 0 Å². The molecular formula is C9H16O7. The van der Waals surface area contributed by atoms with E-state index >= 15 is 0 Å². The van der Waals surface area contributed by atoms with Crippen LogP contribution in [0.5, 0.6) is 0 Å². The van der Waals surface area contributed by atoms with Crippen LogP contribution in [0, 0.1) is 0 Å². The molecule has 0 aromatic carbocycles. The number of esters is 1. The number of carbonyl (C=O) groups is 1. The van der Waals surface area contributed by atoms with Crippen molar-refractivity contribution in [3.63, 3.8) is 0 Å². The summed E-state index contributed by atoms with van der Waals surface area (Å²) in [6, 6.07) is 0. The molecule has 1 rings (SSSR count). The van der Waals surface area contributed by atoms with Crippen molar-refractivity contribution >= 4 is 5.97 Å². The van der Waals surface area contributed by atoms with Gasteiger partial charge >= 0.3 is 5.97 Å². The zero-order valence-corrected chi connectivity index (χ0v) is 9.07. The van der Waals surface area contributed by atoms with Crippen LogP contribution in [0.1, 0.15) is 6.92 Å². The van der Waals surface area contributed by atoms with Gasteiger partial charge in [-0.05, 0) is 0 Å². The number of rotatable bonds is 3. The highest BCUT2D eigenvalue weighted by molar-refractivity contribution is 5.66. The molecule has 16 heavy (non-hydrogen) atoms. The van der Waals surface area contributed by atoms with E-state index in [0.717, 1.165) is 0 Å². The number of aliphatic hydroxyl groups is 3. The lowest BCUT2D eigenvalue weighted by atomic mass is 9.99. The molecule has 94 valence electrons. The van der Waals surface area contributed by atoms with E-state index in [1.807, 2.05) is 0 Å². The molecule has 3 N–H and O–H groups in total. The van der Waals surface area contributed by atoms with Crippen molar-refractivity contribution in [2.45, 2.75) is 37.6 Å². The van der Waals surface area contributed by atoms with E-state index in [0.29, 0.717) is 0 Å². The smallest absolute Gasteiger partial charge is 0.303 e. The van der Waals surface area contributed by atoms with Crippen LogP contribution in [-0.2, 0) is 19.0 Å². The van der Waals surface area contributed by atoms with Gasteiger partial charge in [-0.25, -0.2) is 0 Å². The minimum absolute atomic E-state index is 0.467. The normalized spacial score (nSPS) is 39.4. The SMILES string of the molecule is CO[C@H]1O[C@H](CO)[C@H](O)[C@H](O)[C@H]1OC(C)=O. The number of hydrogen-bond donors (Lipinski definition) is 3. The van der Waals surface area contributed by atoms with Gasteiger partial charge in [0.2, 0.25) is 0 Å². The van der Waals surface area contributed by atoms with Gasteiger partial charge in [-0.15, -0.1) is 0 Å². The van der Waals surface area contributed by atoms with Crippen molar-refractivity contribution in [2.24, 2.45) is 0 Å². The lowest BCUT2D eigenvalue weighted by Gasteiger charge is -2.40. The zero-order chi connectivity index (χ0) is 12.3. The van der Waals surface area contributed by atoms with Gasteiger partial charge in [0.1, 0.15) is 18.3 Å². The second-order valence-electron chi connectivity index (χ2n) is 3.52. The molecule has 0 bridgehead atoms. The Labute approximate surface area is 92.5 Å². The number of carbonyl (C=O) groups excluding carboxylic acids is 1. The first kappa shape index (κ1) is 13.3. The van der Waals surface area contributed by atoms with Gasteiger partial charge in [-0.3, -0.25) is 4.79 Å². The summed E-state index contributed by atoms with van der Waals surface area (Å²) in [7, 11) is 1.31. The van der Waals surface area contributed by atoms with E-state index in [4.69, 9.17) is 19.3 Å². The fourth-order valence-electron chi connectivity index (χ4n) is 1.56. The zero-order valence-electron chi connectivity index (χ0n) is 9.07. The summed E-state index contributed by atoms with van der Waals surface area (Å²) in [5.41, 5.74) is 0. The molecule has 1 aliphatic rings. The lowest BCUT2D eigenvalue weighted by molar-refractivity contribution is -0.297. The number of aliphatic hydroxyl groups excluding tert-OH is 3. The number of ether oxygens (including phenoxy) is 3. The van der Waals surface area contributed by atoms with Crippen molar-refractivity contribution in [1.82, 2.24) is 0 Å². The van der Waals surface area contributed by atoms with Crippen LogP contribution in [0.15, 0.2) is 0 Å². The predicted octanol–water partition coefficient (Wildman–Crippen LogP) is -2.00. The van der Waals surface area contributed by atoms with Gasteiger partial charge in [0.15, 0.2) is 12.4 Å². The van der Waals surface area contributed by atoms with E-state index in [-0.39, 0.29) is 0 Å². The van der Waals surface area contributed by atoms with Crippen molar-refractivity contribution in [3.05, 3.63) is 0 Å². The third-order valence-corrected chi connectivity index (χ3v) is 2.36. The van der Waals surface area contributed by atoms with E-state index in [1.54, 1.807) is 0 Å². The van der Waals surface area contributed by atoms with Gasteiger partial charge < -0.3 is 29.5 Å². The largest absolute Gasteiger partial charge is 0.454 e. The Morgan fingerprint density at radius 2 is 2.00 bits per heavy atom. The maximum atomic E-state index is 10.8. The van der Waals surface area contributed by atoms with Crippen molar-refractivity contribution in [3.8, 4) is 0 Å². The summed E-state index contributed by atoms with van der Waals surface area (Å²) in [5.74, 6) is -0.621. The lowest BCUT2D eigenvalue weighted by Crippen LogP contribution is -2.60. The van der Waals surface area contributed by atoms with Crippen LogP contribution in [0.3, 0.4) is 0 Å². The van der Waals surface area contributed by atoms with Gasteiger partial charge in [0.05, 0.1) is 6.61 Å². The van der Waals surface area contributed by atoms with Crippen LogP contribution in [0.2, 0.25) is 0 Å². The highest BCUT2D eigenvalue weighted by Gasteiger charge is 2.46. The monoisotopic (exact) mass is 236 g/mol. The Bertz CT molecular complexity index is 242. The van der Waals surface area contributed by atoms with Gasteiger partial charge in [-0.2, -0.15) is 0 Å². The van der Waals surface area contributed by atoms with Crippen LogP contribution in [-0.4, -0.2) is 65.7 Å².